The summed E-state index contributed by atoms with van der Waals surface area (Å²) in [6, 6.07) is 13.1. The Morgan fingerprint density at radius 2 is 1.87 bits per heavy atom. The number of carbonyl (C=O) groups is 1. The number of para-hydroxylation sites is 1. The van der Waals surface area contributed by atoms with Gasteiger partial charge in [0.2, 0.25) is 5.88 Å². The van der Waals surface area contributed by atoms with E-state index in [2.05, 4.69) is 9.71 Å². The largest absolute Gasteiger partial charge is 0.465 e. The topological polar surface area (TPSA) is 98.5 Å². The van der Waals surface area contributed by atoms with Crippen LogP contribution in [0.2, 0.25) is 5.02 Å². The van der Waals surface area contributed by atoms with E-state index < -0.39 is 16.0 Å². The third kappa shape index (κ3) is 3.67. The van der Waals surface area contributed by atoms with Crippen LogP contribution in [0.1, 0.15) is 16.1 Å². The predicted octanol–water partition coefficient (Wildman–Crippen LogP) is 5.11. The Kier molecular flexibility index (Phi) is 5.27. The van der Waals surface area contributed by atoms with Crippen LogP contribution in [0.3, 0.4) is 0 Å². The van der Waals surface area contributed by atoms with Crippen LogP contribution in [0.25, 0.3) is 20.8 Å². The van der Waals surface area contributed by atoms with E-state index in [1.807, 2.05) is 24.3 Å². The number of nitrogens with one attached hydrogen (secondary N) is 1. The van der Waals surface area contributed by atoms with Gasteiger partial charge in [0.1, 0.15) is 16.3 Å². The van der Waals surface area contributed by atoms with Crippen molar-refractivity contribution in [1.29, 1.82) is 0 Å². The highest BCUT2D eigenvalue weighted by atomic mass is 35.5. The Labute approximate surface area is 181 Å². The molecule has 2 aromatic carbocycles. The molecule has 30 heavy (non-hydrogen) atoms. The van der Waals surface area contributed by atoms with E-state index in [1.165, 1.54) is 42.7 Å². The smallest absolute Gasteiger partial charge is 0.342 e. The fourth-order valence-corrected chi connectivity index (χ4v) is 5.08. The molecule has 4 aromatic rings. The number of hydrogen-bond acceptors (Lipinski definition) is 7. The summed E-state index contributed by atoms with van der Waals surface area (Å²) in [5.41, 5.74) is 1.07. The molecule has 154 valence electrons. The van der Waals surface area contributed by atoms with Crippen LogP contribution in [0.15, 0.2) is 57.8 Å². The Bertz CT molecular complexity index is 1320. The second-order valence-electron chi connectivity index (χ2n) is 6.28. The van der Waals surface area contributed by atoms with E-state index in [0.29, 0.717) is 10.0 Å². The minimum atomic E-state index is -4.00. The van der Waals surface area contributed by atoms with Gasteiger partial charge in [-0.1, -0.05) is 23.7 Å². The van der Waals surface area contributed by atoms with Crippen LogP contribution in [0, 0.1) is 6.92 Å². The zero-order valence-corrected chi connectivity index (χ0v) is 18.2. The van der Waals surface area contributed by atoms with Crippen molar-refractivity contribution in [3.05, 3.63) is 64.9 Å². The van der Waals surface area contributed by atoms with Gasteiger partial charge in [0, 0.05) is 5.02 Å². The van der Waals surface area contributed by atoms with Crippen molar-refractivity contribution in [2.75, 3.05) is 11.8 Å². The van der Waals surface area contributed by atoms with E-state index >= 15 is 0 Å². The number of esters is 1. The molecule has 0 radical (unpaired) electrons. The van der Waals surface area contributed by atoms with Crippen molar-refractivity contribution in [3.63, 3.8) is 0 Å². The summed E-state index contributed by atoms with van der Waals surface area (Å²) in [5, 5.41) is 0.841. The Hall–Kier alpha value is -2.88. The first-order valence-corrected chi connectivity index (χ1v) is 11.3. The van der Waals surface area contributed by atoms with Crippen LogP contribution >= 0.6 is 22.9 Å². The van der Waals surface area contributed by atoms with Crippen LogP contribution in [-0.4, -0.2) is 26.5 Å². The number of thiazole rings is 1. The van der Waals surface area contributed by atoms with Gasteiger partial charge in [0.15, 0.2) is 0 Å². The third-order valence-corrected chi connectivity index (χ3v) is 6.99. The van der Waals surface area contributed by atoms with Gasteiger partial charge in [-0.2, -0.15) is 0 Å². The first-order valence-electron chi connectivity index (χ1n) is 8.66. The third-order valence-electron chi connectivity index (χ3n) is 4.33. The lowest BCUT2D eigenvalue weighted by Gasteiger charge is -2.07. The number of sulfonamides is 1. The number of rotatable bonds is 5. The number of fused-ring (bicyclic) bond motifs is 1. The predicted molar refractivity (Wildman–Crippen MR) is 116 cm³/mol. The summed E-state index contributed by atoms with van der Waals surface area (Å²) < 4.78 is 39.6. The van der Waals surface area contributed by atoms with E-state index in [4.69, 9.17) is 20.8 Å². The number of ether oxygens (including phenoxy) is 1. The fraction of sp³-hybridized carbons (Fsp3) is 0.100. The summed E-state index contributed by atoms with van der Waals surface area (Å²) >= 11 is 7.16. The van der Waals surface area contributed by atoms with Gasteiger partial charge in [-0.05, 0) is 43.3 Å². The molecular formula is C20H15ClN2O5S2. The van der Waals surface area contributed by atoms with Crippen LogP contribution in [0.4, 0.5) is 5.88 Å². The molecule has 0 aliphatic heterocycles. The van der Waals surface area contributed by atoms with Crippen molar-refractivity contribution in [2.45, 2.75) is 11.8 Å². The van der Waals surface area contributed by atoms with Crippen molar-refractivity contribution in [2.24, 2.45) is 0 Å². The SMILES string of the molecule is COC(=O)c1c(C)oc(NS(=O)(=O)c2ccc(Cl)cc2)c1-c1nc2ccccc2s1. The molecule has 0 amide bonds. The monoisotopic (exact) mass is 462 g/mol. The summed E-state index contributed by atoms with van der Waals surface area (Å²) in [7, 11) is -2.76. The van der Waals surface area contributed by atoms with E-state index in [9.17, 15) is 13.2 Å². The maximum atomic E-state index is 12.9. The molecule has 0 fully saturated rings. The molecule has 0 aliphatic carbocycles. The molecular weight excluding hydrogens is 448 g/mol. The average Bonchev–Trinajstić information content (AvgIpc) is 3.27. The minimum Gasteiger partial charge on any atom is -0.465 e. The van der Waals surface area contributed by atoms with Gasteiger partial charge < -0.3 is 9.15 Å². The molecule has 0 aliphatic rings. The van der Waals surface area contributed by atoms with Gasteiger partial charge >= 0.3 is 5.97 Å². The highest BCUT2D eigenvalue weighted by Gasteiger charge is 2.30. The van der Waals surface area contributed by atoms with Crippen molar-refractivity contribution in [3.8, 4) is 10.6 Å². The molecule has 2 heterocycles. The maximum absolute atomic E-state index is 12.9. The quantitative estimate of drug-likeness (QED) is 0.414. The van der Waals surface area contributed by atoms with Gasteiger partial charge in [0.25, 0.3) is 10.0 Å². The number of hydrogen-bond donors (Lipinski definition) is 1. The maximum Gasteiger partial charge on any atom is 0.342 e. The molecule has 0 atom stereocenters. The van der Waals surface area contributed by atoms with Crippen LogP contribution < -0.4 is 4.72 Å². The van der Waals surface area contributed by atoms with Crippen LogP contribution in [0.5, 0.6) is 0 Å². The number of furan rings is 1. The second kappa shape index (κ2) is 7.75. The summed E-state index contributed by atoms with van der Waals surface area (Å²) in [5.74, 6) is -0.547. The van der Waals surface area contributed by atoms with E-state index in [0.717, 1.165) is 10.2 Å². The minimum absolute atomic E-state index is 0.00387. The Balaban J connectivity index is 1.88. The Morgan fingerprint density at radius 3 is 2.53 bits per heavy atom. The first kappa shape index (κ1) is 20.4. The molecule has 2 aromatic heterocycles. The lowest BCUT2D eigenvalue weighted by molar-refractivity contribution is 0.0599. The number of anilines is 1. The van der Waals surface area contributed by atoms with Gasteiger partial charge in [-0.25, -0.2) is 22.9 Å². The van der Waals surface area contributed by atoms with Crippen molar-refractivity contribution >= 4 is 55.0 Å². The standard InChI is InChI=1S/C20H15ClN2O5S2/c1-11-16(20(24)27-2)17(19-22-14-5-3-4-6-15(14)29-19)18(28-11)23-30(25,26)13-9-7-12(21)8-10-13/h3-10,23H,1-2H3. The summed E-state index contributed by atoms with van der Waals surface area (Å²) in [6.45, 7) is 1.56. The van der Waals surface area contributed by atoms with Crippen LogP contribution in [-0.2, 0) is 14.8 Å². The number of benzene rings is 2. The van der Waals surface area contributed by atoms with Gasteiger partial charge in [0.05, 0.1) is 27.8 Å². The number of aromatic nitrogens is 1. The molecule has 0 unspecified atom stereocenters. The molecule has 10 heteroatoms. The van der Waals surface area contributed by atoms with Gasteiger partial charge in [-0.15, -0.1) is 11.3 Å². The summed E-state index contributed by atoms with van der Waals surface area (Å²) in [6.07, 6.45) is 0. The molecule has 1 N–H and O–H groups in total. The lowest BCUT2D eigenvalue weighted by Crippen LogP contribution is -2.13. The number of aryl methyl sites for hydroxylation is 1. The van der Waals surface area contributed by atoms with Crippen molar-refractivity contribution < 1.29 is 22.4 Å². The highest BCUT2D eigenvalue weighted by molar-refractivity contribution is 7.92. The molecule has 7 nitrogen and oxygen atoms in total. The number of methoxy groups -OCH3 is 1. The number of halogens is 1. The summed E-state index contributed by atoms with van der Waals surface area (Å²) in [4.78, 5) is 17.0. The second-order valence-corrected chi connectivity index (χ2v) is 9.42. The Morgan fingerprint density at radius 1 is 1.17 bits per heavy atom. The highest BCUT2D eigenvalue weighted by Crippen LogP contribution is 2.41. The lowest BCUT2D eigenvalue weighted by atomic mass is 10.1. The zero-order chi connectivity index (χ0) is 21.5. The zero-order valence-electron chi connectivity index (χ0n) is 15.8. The molecule has 0 bridgehead atoms. The number of nitrogens with zero attached hydrogens (tertiary/aromatic N) is 1. The molecule has 0 saturated carbocycles. The van der Waals surface area contributed by atoms with Crippen molar-refractivity contribution in [1.82, 2.24) is 4.98 Å². The molecule has 0 spiro atoms. The fourth-order valence-electron chi connectivity index (χ4n) is 2.94. The number of carbonyl (C=O) groups excluding carboxylic acids is 1. The van der Waals surface area contributed by atoms with Gasteiger partial charge in [-0.3, -0.25) is 0 Å². The van der Waals surface area contributed by atoms with E-state index in [-0.39, 0.29) is 27.7 Å². The van der Waals surface area contributed by atoms with E-state index in [1.54, 1.807) is 6.92 Å². The normalized spacial score (nSPS) is 11.6. The average molecular weight is 463 g/mol. The molecule has 4 rings (SSSR count). The molecule has 0 saturated heterocycles. The first-order chi connectivity index (χ1) is 14.3.